The normalized spacial score (nSPS) is 15.7. The van der Waals surface area contributed by atoms with Gasteiger partial charge in [0.2, 0.25) is 11.8 Å². The van der Waals surface area contributed by atoms with Gasteiger partial charge in [-0.3, -0.25) is 9.59 Å². The second kappa shape index (κ2) is 6.78. The molecule has 4 nitrogen and oxygen atoms in total. The Labute approximate surface area is 137 Å². The molecule has 0 fully saturated rings. The van der Waals surface area contributed by atoms with Crippen LogP contribution in [0.25, 0.3) is 0 Å². The summed E-state index contributed by atoms with van der Waals surface area (Å²) in [6.07, 6.45) is 1.56. The molecule has 0 saturated heterocycles. The lowest BCUT2D eigenvalue weighted by molar-refractivity contribution is -0.125. The Balaban J connectivity index is 1.55. The molecule has 1 aliphatic carbocycles. The summed E-state index contributed by atoms with van der Waals surface area (Å²) in [6.45, 7) is -0.226. The van der Waals surface area contributed by atoms with Crippen molar-refractivity contribution in [2.45, 2.75) is 18.8 Å². The fourth-order valence-electron chi connectivity index (χ4n) is 2.90. The molecule has 1 aliphatic rings. The molecule has 1 atom stereocenters. The van der Waals surface area contributed by atoms with Crippen molar-refractivity contribution >= 4 is 17.5 Å². The van der Waals surface area contributed by atoms with Crippen molar-refractivity contribution in [2.75, 3.05) is 11.9 Å². The standard InChI is InChI=1S/C18H16F2N2O2/c19-15-8-6-12(9-16(15)20)22-17(23)10-21-18(24)14-7-5-11-3-1-2-4-13(11)14/h1-4,6,8-9,14H,5,7,10H2,(H,21,24)(H,22,23). The van der Waals surface area contributed by atoms with Crippen molar-refractivity contribution in [1.82, 2.24) is 5.32 Å². The van der Waals surface area contributed by atoms with E-state index in [0.717, 1.165) is 36.1 Å². The van der Waals surface area contributed by atoms with Gasteiger partial charge >= 0.3 is 0 Å². The lowest BCUT2D eigenvalue weighted by Crippen LogP contribution is -2.35. The molecule has 2 aromatic carbocycles. The number of amides is 2. The average molecular weight is 330 g/mol. The van der Waals surface area contributed by atoms with Crippen LogP contribution in [0.3, 0.4) is 0 Å². The SMILES string of the molecule is O=C(CNC(=O)C1CCc2ccccc21)Nc1ccc(F)c(F)c1. The zero-order chi connectivity index (χ0) is 17.1. The van der Waals surface area contributed by atoms with E-state index in [1.165, 1.54) is 6.07 Å². The number of benzene rings is 2. The Kier molecular flexibility index (Phi) is 4.55. The van der Waals surface area contributed by atoms with Gasteiger partial charge in [0, 0.05) is 11.8 Å². The number of carbonyl (C=O) groups is 2. The molecule has 0 heterocycles. The van der Waals surface area contributed by atoms with Crippen LogP contribution >= 0.6 is 0 Å². The van der Waals surface area contributed by atoms with E-state index in [9.17, 15) is 18.4 Å². The zero-order valence-corrected chi connectivity index (χ0v) is 12.8. The highest BCUT2D eigenvalue weighted by Crippen LogP contribution is 2.32. The van der Waals surface area contributed by atoms with Gasteiger partial charge in [-0.15, -0.1) is 0 Å². The summed E-state index contributed by atoms with van der Waals surface area (Å²) in [7, 11) is 0. The van der Waals surface area contributed by atoms with E-state index >= 15 is 0 Å². The summed E-state index contributed by atoms with van der Waals surface area (Å²) in [5.41, 5.74) is 2.29. The van der Waals surface area contributed by atoms with Crippen LogP contribution in [0.4, 0.5) is 14.5 Å². The molecule has 0 bridgehead atoms. The third-order valence-electron chi connectivity index (χ3n) is 4.08. The first kappa shape index (κ1) is 16.1. The van der Waals surface area contributed by atoms with E-state index in [4.69, 9.17) is 0 Å². The molecule has 24 heavy (non-hydrogen) atoms. The maximum absolute atomic E-state index is 13.1. The molecule has 2 N–H and O–H groups in total. The third-order valence-corrected chi connectivity index (χ3v) is 4.08. The molecule has 124 valence electrons. The van der Waals surface area contributed by atoms with Gasteiger partial charge in [-0.1, -0.05) is 24.3 Å². The predicted octanol–water partition coefficient (Wildman–Crippen LogP) is 2.75. The van der Waals surface area contributed by atoms with Crippen molar-refractivity contribution in [3.8, 4) is 0 Å². The van der Waals surface area contributed by atoms with Gasteiger partial charge in [-0.2, -0.15) is 0 Å². The number of carbonyl (C=O) groups excluding carboxylic acids is 2. The van der Waals surface area contributed by atoms with Crippen LogP contribution in [0.5, 0.6) is 0 Å². The van der Waals surface area contributed by atoms with Crippen LogP contribution in [-0.4, -0.2) is 18.4 Å². The maximum atomic E-state index is 13.1. The largest absolute Gasteiger partial charge is 0.346 e. The lowest BCUT2D eigenvalue weighted by atomic mass is 10.0. The predicted molar refractivity (Wildman–Crippen MR) is 85.5 cm³/mol. The highest BCUT2D eigenvalue weighted by Gasteiger charge is 2.28. The Bertz CT molecular complexity index is 792. The van der Waals surface area contributed by atoms with Crippen LogP contribution < -0.4 is 10.6 Å². The number of rotatable bonds is 4. The summed E-state index contributed by atoms with van der Waals surface area (Å²) in [4.78, 5) is 24.1. The smallest absolute Gasteiger partial charge is 0.243 e. The van der Waals surface area contributed by atoms with E-state index in [1.54, 1.807) is 0 Å². The van der Waals surface area contributed by atoms with Crippen LogP contribution in [0, 0.1) is 11.6 Å². The monoisotopic (exact) mass is 330 g/mol. The quantitative estimate of drug-likeness (QED) is 0.906. The van der Waals surface area contributed by atoms with Crippen LogP contribution in [-0.2, 0) is 16.0 Å². The number of hydrogen-bond acceptors (Lipinski definition) is 2. The molecule has 0 aliphatic heterocycles. The van der Waals surface area contributed by atoms with Gasteiger partial charge in [0.25, 0.3) is 0 Å². The fourth-order valence-corrected chi connectivity index (χ4v) is 2.90. The Morgan fingerprint density at radius 2 is 1.88 bits per heavy atom. The highest BCUT2D eigenvalue weighted by molar-refractivity contribution is 5.95. The van der Waals surface area contributed by atoms with Crippen molar-refractivity contribution < 1.29 is 18.4 Å². The minimum Gasteiger partial charge on any atom is -0.346 e. The molecule has 0 spiro atoms. The average Bonchev–Trinajstić information content (AvgIpc) is 3.00. The summed E-state index contributed by atoms with van der Waals surface area (Å²) >= 11 is 0. The van der Waals surface area contributed by atoms with E-state index in [2.05, 4.69) is 10.6 Å². The van der Waals surface area contributed by atoms with Gasteiger partial charge in [0.05, 0.1) is 12.5 Å². The van der Waals surface area contributed by atoms with E-state index in [1.807, 2.05) is 24.3 Å². The maximum Gasteiger partial charge on any atom is 0.243 e. The summed E-state index contributed by atoms with van der Waals surface area (Å²) < 4.78 is 25.9. The third kappa shape index (κ3) is 3.42. The van der Waals surface area contributed by atoms with Gasteiger partial charge in [0.15, 0.2) is 11.6 Å². The molecule has 3 rings (SSSR count). The minimum atomic E-state index is -1.04. The van der Waals surface area contributed by atoms with E-state index in [-0.39, 0.29) is 24.1 Å². The lowest BCUT2D eigenvalue weighted by Gasteiger charge is -2.12. The Hall–Kier alpha value is -2.76. The first-order valence-electron chi connectivity index (χ1n) is 7.65. The molecule has 2 aromatic rings. The summed E-state index contributed by atoms with van der Waals surface area (Å²) in [5, 5.41) is 5.01. The zero-order valence-electron chi connectivity index (χ0n) is 12.8. The number of nitrogens with one attached hydrogen (secondary N) is 2. The fraction of sp³-hybridized carbons (Fsp3) is 0.222. The second-order valence-electron chi connectivity index (χ2n) is 5.68. The second-order valence-corrected chi connectivity index (χ2v) is 5.68. The van der Waals surface area contributed by atoms with Crippen molar-refractivity contribution in [3.05, 3.63) is 65.2 Å². The number of halogens is 2. The van der Waals surface area contributed by atoms with Crippen LogP contribution in [0.1, 0.15) is 23.5 Å². The molecule has 0 radical (unpaired) electrons. The van der Waals surface area contributed by atoms with E-state index < -0.39 is 17.5 Å². The van der Waals surface area contributed by atoms with Crippen molar-refractivity contribution in [3.63, 3.8) is 0 Å². The van der Waals surface area contributed by atoms with Gasteiger partial charge in [0.1, 0.15) is 0 Å². The van der Waals surface area contributed by atoms with E-state index in [0.29, 0.717) is 0 Å². The van der Waals surface area contributed by atoms with Gasteiger partial charge in [-0.05, 0) is 36.1 Å². The topological polar surface area (TPSA) is 58.2 Å². The molecule has 2 amide bonds. The molecule has 1 unspecified atom stereocenters. The minimum absolute atomic E-state index is 0.138. The molecule has 0 aromatic heterocycles. The molecular weight excluding hydrogens is 314 g/mol. The Morgan fingerprint density at radius 3 is 2.67 bits per heavy atom. The molecule has 6 heteroatoms. The molecule has 0 saturated carbocycles. The van der Waals surface area contributed by atoms with Crippen molar-refractivity contribution in [2.24, 2.45) is 0 Å². The number of hydrogen-bond donors (Lipinski definition) is 2. The van der Waals surface area contributed by atoms with Crippen LogP contribution in [0.2, 0.25) is 0 Å². The number of anilines is 1. The summed E-state index contributed by atoms with van der Waals surface area (Å²) in [5.74, 6) is -2.99. The molecular formula is C18H16F2N2O2. The first-order chi connectivity index (χ1) is 11.5. The highest BCUT2D eigenvalue weighted by atomic mass is 19.2. The Morgan fingerprint density at radius 1 is 1.08 bits per heavy atom. The summed E-state index contributed by atoms with van der Waals surface area (Å²) in [6, 6.07) is 10.8. The first-order valence-corrected chi connectivity index (χ1v) is 7.65. The van der Waals surface area contributed by atoms with Gasteiger partial charge in [-0.25, -0.2) is 8.78 Å². The number of fused-ring (bicyclic) bond motifs is 1. The van der Waals surface area contributed by atoms with Crippen molar-refractivity contribution in [1.29, 1.82) is 0 Å². The number of aryl methyl sites for hydroxylation is 1. The van der Waals surface area contributed by atoms with Crippen LogP contribution in [0.15, 0.2) is 42.5 Å². The van der Waals surface area contributed by atoms with Gasteiger partial charge < -0.3 is 10.6 Å².